The van der Waals surface area contributed by atoms with Crippen molar-refractivity contribution in [2.45, 2.75) is 19.4 Å². The second kappa shape index (κ2) is 6.61. The molecule has 0 spiro atoms. The maximum absolute atomic E-state index is 12.7. The molecule has 0 saturated carbocycles. The van der Waals surface area contributed by atoms with Crippen molar-refractivity contribution < 1.29 is 14.3 Å². The number of amides is 1. The molecule has 20 heavy (non-hydrogen) atoms. The SMILES string of the molecule is CCN(C(=O)c1ccc(OC)cc1OC)C1CCNC1. The number of hydrogen-bond acceptors (Lipinski definition) is 4. The monoisotopic (exact) mass is 278 g/mol. The molecule has 0 aromatic heterocycles. The van der Waals surface area contributed by atoms with Crippen molar-refractivity contribution in [3.8, 4) is 11.5 Å². The van der Waals surface area contributed by atoms with E-state index in [4.69, 9.17) is 9.47 Å². The van der Waals surface area contributed by atoms with Gasteiger partial charge in [-0.3, -0.25) is 4.79 Å². The van der Waals surface area contributed by atoms with Gasteiger partial charge in [-0.2, -0.15) is 0 Å². The standard InChI is InChI=1S/C15H22N2O3/c1-4-17(11-7-8-16-10-11)15(18)13-6-5-12(19-2)9-14(13)20-3/h5-6,9,11,16H,4,7-8,10H2,1-3H3. The smallest absolute Gasteiger partial charge is 0.257 e. The van der Waals surface area contributed by atoms with Gasteiger partial charge < -0.3 is 19.7 Å². The van der Waals surface area contributed by atoms with Crippen LogP contribution in [0.25, 0.3) is 0 Å². The highest BCUT2D eigenvalue weighted by Gasteiger charge is 2.27. The summed E-state index contributed by atoms with van der Waals surface area (Å²) >= 11 is 0. The molecule has 1 fully saturated rings. The number of carbonyl (C=O) groups is 1. The average Bonchev–Trinajstić information content (AvgIpc) is 3.01. The summed E-state index contributed by atoms with van der Waals surface area (Å²) in [6.07, 6.45) is 0.998. The molecule has 1 amide bonds. The van der Waals surface area contributed by atoms with Gasteiger partial charge >= 0.3 is 0 Å². The van der Waals surface area contributed by atoms with Crippen molar-refractivity contribution in [1.29, 1.82) is 0 Å². The molecule has 1 N–H and O–H groups in total. The highest BCUT2D eigenvalue weighted by Crippen LogP contribution is 2.26. The van der Waals surface area contributed by atoms with Gasteiger partial charge in [-0.1, -0.05) is 0 Å². The first kappa shape index (κ1) is 14.7. The average molecular weight is 278 g/mol. The molecule has 1 aromatic carbocycles. The third kappa shape index (κ3) is 2.88. The minimum atomic E-state index is 0.0145. The van der Waals surface area contributed by atoms with E-state index in [2.05, 4.69) is 5.32 Å². The van der Waals surface area contributed by atoms with Crippen LogP contribution in [0.2, 0.25) is 0 Å². The van der Waals surface area contributed by atoms with Crippen LogP contribution in [-0.2, 0) is 0 Å². The van der Waals surface area contributed by atoms with E-state index in [0.29, 0.717) is 23.6 Å². The van der Waals surface area contributed by atoms with E-state index < -0.39 is 0 Å². The Morgan fingerprint density at radius 2 is 2.20 bits per heavy atom. The Labute approximate surface area is 119 Å². The fourth-order valence-electron chi connectivity index (χ4n) is 2.60. The summed E-state index contributed by atoms with van der Waals surface area (Å²) in [7, 11) is 3.16. The lowest BCUT2D eigenvalue weighted by Gasteiger charge is -2.27. The first-order valence-electron chi connectivity index (χ1n) is 6.95. The van der Waals surface area contributed by atoms with Gasteiger partial charge in [0.1, 0.15) is 11.5 Å². The molecular formula is C15H22N2O3. The third-order valence-electron chi connectivity index (χ3n) is 3.72. The molecule has 1 aliphatic heterocycles. The number of carbonyl (C=O) groups excluding carboxylic acids is 1. The molecule has 1 saturated heterocycles. The van der Waals surface area contributed by atoms with Crippen molar-refractivity contribution >= 4 is 5.91 Å². The van der Waals surface area contributed by atoms with Gasteiger partial charge in [0, 0.05) is 25.2 Å². The fourth-order valence-corrected chi connectivity index (χ4v) is 2.60. The van der Waals surface area contributed by atoms with E-state index in [1.54, 1.807) is 32.4 Å². The summed E-state index contributed by atoms with van der Waals surface area (Å²) in [6.45, 7) is 4.53. The third-order valence-corrected chi connectivity index (χ3v) is 3.72. The minimum absolute atomic E-state index is 0.0145. The molecule has 5 heteroatoms. The Morgan fingerprint density at radius 3 is 2.75 bits per heavy atom. The Hall–Kier alpha value is -1.75. The second-order valence-corrected chi connectivity index (χ2v) is 4.80. The van der Waals surface area contributed by atoms with Gasteiger partial charge in [-0.25, -0.2) is 0 Å². The number of benzene rings is 1. The minimum Gasteiger partial charge on any atom is -0.497 e. The number of likely N-dealkylation sites (N-methyl/N-ethyl adjacent to an activating group) is 1. The number of methoxy groups -OCH3 is 2. The van der Waals surface area contributed by atoms with Crippen molar-refractivity contribution in [3.63, 3.8) is 0 Å². The molecular weight excluding hydrogens is 256 g/mol. The zero-order valence-corrected chi connectivity index (χ0v) is 12.3. The zero-order valence-electron chi connectivity index (χ0n) is 12.3. The second-order valence-electron chi connectivity index (χ2n) is 4.80. The number of rotatable bonds is 5. The van der Waals surface area contributed by atoms with E-state index >= 15 is 0 Å². The Balaban J connectivity index is 2.26. The molecule has 0 radical (unpaired) electrons. The first-order valence-corrected chi connectivity index (χ1v) is 6.95. The Kier molecular flexibility index (Phi) is 4.84. The molecule has 0 bridgehead atoms. The van der Waals surface area contributed by atoms with Gasteiger partial charge in [-0.15, -0.1) is 0 Å². The molecule has 110 valence electrons. The van der Waals surface area contributed by atoms with E-state index in [9.17, 15) is 4.79 Å². The van der Waals surface area contributed by atoms with Crippen LogP contribution in [0.4, 0.5) is 0 Å². The van der Waals surface area contributed by atoms with Gasteiger partial charge in [0.25, 0.3) is 5.91 Å². The number of nitrogens with one attached hydrogen (secondary N) is 1. The normalized spacial score (nSPS) is 17.9. The van der Waals surface area contributed by atoms with Gasteiger partial charge in [0.15, 0.2) is 0 Å². The predicted octanol–water partition coefficient (Wildman–Crippen LogP) is 1.53. The van der Waals surface area contributed by atoms with Crippen molar-refractivity contribution in [2.24, 2.45) is 0 Å². The topological polar surface area (TPSA) is 50.8 Å². The lowest BCUT2D eigenvalue weighted by atomic mass is 10.1. The van der Waals surface area contributed by atoms with E-state index in [0.717, 1.165) is 19.5 Å². The summed E-state index contributed by atoms with van der Waals surface area (Å²) in [5.41, 5.74) is 0.585. The van der Waals surface area contributed by atoms with Gasteiger partial charge in [0.2, 0.25) is 0 Å². The van der Waals surface area contributed by atoms with Crippen LogP contribution in [0.1, 0.15) is 23.7 Å². The van der Waals surface area contributed by atoms with Gasteiger partial charge in [0.05, 0.1) is 19.8 Å². The number of hydrogen-bond donors (Lipinski definition) is 1. The largest absolute Gasteiger partial charge is 0.497 e. The first-order chi connectivity index (χ1) is 9.71. The van der Waals surface area contributed by atoms with Crippen LogP contribution in [0.5, 0.6) is 11.5 Å². The predicted molar refractivity (Wildman–Crippen MR) is 77.5 cm³/mol. The lowest BCUT2D eigenvalue weighted by Crippen LogP contribution is -2.41. The van der Waals surface area contributed by atoms with E-state index in [1.807, 2.05) is 11.8 Å². The Bertz CT molecular complexity index is 470. The maximum atomic E-state index is 12.7. The summed E-state index contributed by atoms with van der Waals surface area (Å²) in [5.74, 6) is 1.25. The zero-order chi connectivity index (χ0) is 14.5. The molecule has 1 atom stereocenters. The summed E-state index contributed by atoms with van der Waals surface area (Å²) in [6, 6.07) is 5.56. The van der Waals surface area contributed by atoms with Crippen LogP contribution in [0.15, 0.2) is 18.2 Å². The molecule has 0 aliphatic carbocycles. The molecule has 1 heterocycles. The fraction of sp³-hybridized carbons (Fsp3) is 0.533. The highest BCUT2D eigenvalue weighted by molar-refractivity contribution is 5.97. The number of nitrogens with zero attached hydrogens (tertiary/aromatic N) is 1. The van der Waals surface area contributed by atoms with Crippen molar-refractivity contribution in [3.05, 3.63) is 23.8 Å². The summed E-state index contributed by atoms with van der Waals surface area (Å²) in [4.78, 5) is 14.6. The van der Waals surface area contributed by atoms with Crippen molar-refractivity contribution in [2.75, 3.05) is 33.9 Å². The molecule has 5 nitrogen and oxygen atoms in total. The lowest BCUT2D eigenvalue weighted by molar-refractivity contribution is 0.0700. The molecule has 1 aliphatic rings. The van der Waals surface area contributed by atoms with Crippen LogP contribution in [0, 0.1) is 0 Å². The van der Waals surface area contributed by atoms with Crippen LogP contribution in [-0.4, -0.2) is 50.7 Å². The van der Waals surface area contributed by atoms with Gasteiger partial charge in [-0.05, 0) is 32.0 Å². The van der Waals surface area contributed by atoms with Crippen molar-refractivity contribution in [1.82, 2.24) is 10.2 Å². The molecule has 1 unspecified atom stereocenters. The maximum Gasteiger partial charge on any atom is 0.257 e. The number of ether oxygens (including phenoxy) is 2. The molecule has 1 aromatic rings. The summed E-state index contributed by atoms with van der Waals surface area (Å²) < 4.78 is 10.5. The quantitative estimate of drug-likeness (QED) is 0.887. The van der Waals surface area contributed by atoms with Crippen LogP contribution < -0.4 is 14.8 Å². The highest BCUT2D eigenvalue weighted by atomic mass is 16.5. The summed E-state index contributed by atoms with van der Waals surface area (Å²) in [5, 5.41) is 3.30. The van der Waals surface area contributed by atoms with E-state index in [-0.39, 0.29) is 11.9 Å². The Morgan fingerprint density at radius 1 is 1.40 bits per heavy atom. The van der Waals surface area contributed by atoms with Crippen LogP contribution >= 0.6 is 0 Å². The van der Waals surface area contributed by atoms with Crippen LogP contribution in [0.3, 0.4) is 0 Å². The van der Waals surface area contributed by atoms with E-state index in [1.165, 1.54) is 0 Å². The molecule has 2 rings (SSSR count).